The summed E-state index contributed by atoms with van der Waals surface area (Å²) < 4.78 is 137. The van der Waals surface area contributed by atoms with Crippen molar-refractivity contribution in [2.24, 2.45) is 0 Å². The third kappa shape index (κ3) is 8.32. The number of hydrazine groups is 3. The molecule has 3 heterocycles. The molecular weight excluding hydrogens is 733 g/mol. The molecule has 1 amide bonds. The lowest BCUT2D eigenvalue weighted by atomic mass is 9.98. The van der Waals surface area contributed by atoms with Crippen molar-refractivity contribution in [3.63, 3.8) is 0 Å². The van der Waals surface area contributed by atoms with E-state index in [9.17, 15) is 35.5 Å². The van der Waals surface area contributed by atoms with Crippen molar-refractivity contribution in [2.45, 2.75) is 104 Å². The highest BCUT2D eigenvalue weighted by Crippen LogP contribution is 2.40. The first-order valence-electron chi connectivity index (χ1n) is 17.3. The molecule has 0 radical (unpaired) electrons. The van der Waals surface area contributed by atoms with Gasteiger partial charge in [-0.05, 0) is 88.3 Å². The average molecular weight is 776 g/mol. The van der Waals surface area contributed by atoms with Gasteiger partial charge in [-0.1, -0.05) is 13.8 Å². The number of aromatic nitrogens is 1. The quantitative estimate of drug-likeness (QED) is 0.158. The summed E-state index contributed by atoms with van der Waals surface area (Å²) in [6, 6.07) is 2.08. The largest absolute Gasteiger partial charge is 0.443 e. The molecular formula is C36H42F9N7O2. The number of halogens is 9. The van der Waals surface area contributed by atoms with Gasteiger partial charge in [-0.3, -0.25) is 15.2 Å². The normalized spacial score (nSPS) is 20.0. The van der Waals surface area contributed by atoms with E-state index < -0.39 is 88.8 Å². The molecule has 3 N–H and O–H groups in total. The van der Waals surface area contributed by atoms with Gasteiger partial charge < -0.3 is 4.74 Å². The minimum absolute atomic E-state index is 0.000246. The summed E-state index contributed by atoms with van der Waals surface area (Å²) in [6.45, 7) is 8.54. The van der Waals surface area contributed by atoms with Crippen molar-refractivity contribution in [1.29, 1.82) is 0 Å². The Morgan fingerprint density at radius 1 is 0.889 bits per heavy atom. The van der Waals surface area contributed by atoms with Crippen LogP contribution in [0.2, 0.25) is 0 Å². The van der Waals surface area contributed by atoms with Crippen LogP contribution in [0.3, 0.4) is 0 Å². The first-order chi connectivity index (χ1) is 25.1. The van der Waals surface area contributed by atoms with Crippen LogP contribution in [0.25, 0.3) is 0 Å². The SMILES string of the molecule is CCc1cc(CN2NC(Cc3cc(CC)c(F)c(F)c3F)(NC3CCCN(C(=O)OC(C)(C)C)c4cc(C(F)(F)F)c(C)nc43)NN2C)c(F)c(F)c1F. The summed E-state index contributed by atoms with van der Waals surface area (Å²) in [6.07, 6.45) is -5.89. The lowest BCUT2D eigenvalue weighted by Crippen LogP contribution is -2.64. The number of hydrogen-bond acceptors (Lipinski definition) is 8. The smallest absolute Gasteiger partial charge is 0.418 e. The van der Waals surface area contributed by atoms with Gasteiger partial charge >= 0.3 is 12.3 Å². The number of fused-ring (bicyclic) bond motifs is 1. The van der Waals surface area contributed by atoms with Crippen LogP contribution in [0.15, 0.2) is 18.2 Å². The summed E-state index contributed by atoms with van der Waals surface area (Å²) in [5.74, 6) is -10.9. The van der Waals surface area contributed by atoms with E-state index in [2.05, 4.69) is 21.2 Å². The zero-order valence-corrected chi connectivity index (χ0v) is 30.8. The summed E-state index contributed by atoms with van der Waals surface area (Å²) in [5.41, 5.74) is 2.52. The minimum atomic E-state index is -4.84. The lowest BCUT2D eigenvalue weighted by molar-refractivity contribution is -0.138. The molecule has 9 nitrogen and oxygen atoms in total. The molecule has 54 heavy (non-hydrogen) atoms. The van der Waals surface area contributed by atoms with Crippen molar-refractivity contribution in [3.05, 3.63) is 92.3 Å². The number of alkyl halides is 3. The van der Waals surface area contributed by atoms with E-state index in [1.165, 1.54) is 24.2 Å². The van der Waals surface area contributed by atoms with E-state index in [4.69, 9.17) is 4.74 Å². The number of carbonyl (C=O) groups is 1. The number of carbonyl (C=O) groups excluding carboxylic acids is 1. The number of amides is 1. The van der Waals surface area contributed by atoms with Crippen molar-refractivity contribution < 1.29 is 49.0 Å². The molecule has 3 aromatic rings. The Bertz CT molecular complexity index is 1920. The predicted octanol–water partition coefficient (Wildman–Crippen LogP) is 7.80. The van der Waals surface area contributed by atoms with Crippen LogP contribution in [-0.4, -0.2) is 46.3 Å². The van der Waals surface area contributed by atoms with Gasteiger partial charge in [0, 0.05) is 25.6 Å². The third-order valence-corrected chi connectivity index (χ3v) is 9.22. The number of rotatable bonds is 8. The molecule has 5 rings (SSSR count). The highest BCUT2D eigenvalue weighted by atomic mass is 19.4. The van der Waals surface area contributed by atoms with Gasteiger partial charge in [-0.2, -0.15) is 23.4 Å². The monoisotopic (exact) mass is 775 g/mol. The van der Waals surface area contributed by atoms with E-state index in [1.807, 2.05) is 0 Å². The second-order valence-electron chi connectivity index (χ2n) is 14.4. The molecule has 0 saturated carbocycles. The summed E-state index contributed by atoms with van der Waals surface area (Å²) in [7, 11) is 1.44. The molecule has 1 fully saturated rings. The first kappa shape index (κ1) is 41.2. The Kier molecular flexibility index (Phi) is 11.7. The number of ether oxygens (including phenoxy) is 1. The zero-order valence-electron chi connectivity index (χ0n) is 30.8. The predicted molar refractivity (Wildman–Crippen MR) is 180 cm³/mol. The van der Waals surface area contributed by atoms with Crippen LogP contribution in [-0.2, 0) is 36.7 Å². The van der Waals surface area contributed by atoms with Crippen LogP contribution in [0.1, 0.15) is 92.7 Å². The van der Waals surface area contributed by atoms with Gasteiger partial charge in [0.15, 0.2) is 40.7 Å². The number of pyridine rings is 1. The molecule has 296 valence electrons. The fourth-order valence-electron chi connectivity index (χ4n) is 6.66. The maximum Gasteiger partial charge on any atom is 0.418 e. The molecule has 1 aromatic heterocycles. The van der Waals surface area contributed by atoms with Crippen molar-refractivity contribution in [1.82, 2.24) is 31.4 Å². The molecule has 2 aromatic carbocycles. The summed E-state index contributed by atoms with van der Waals surface area (Å²) >= 11 is 0. The van der Waals surface area contributed by atoms with E-state index in [0.717, 1.165) is 30.0 Å². The lowest BCUT2D eigenvalue weighted by Gasteiger charge is -2.35. The van der Waals surface area contributed by atoms with Crippen LogP contribution < -0.4 is 21.1 Å². The Morgan fingerprint density at radius 3 is 2.00 bits per heavy atom. The maximum absolute atomic E-state index is 15.5. The van der Waals surface area contributed by atoms with Crippen LogP contribution in [0.4, 0.5) is 50.0 Å². The van der Waals surface area contributed by atoms with Crippen LogP contribution >= 0.6 is 0 Å². The molecule has 1 saturated heterocycles. The molecule has 18 heteroatoms. The topological polar surface area (TPSA) is 85.0 Å². The average Bonchev–Trinajstić information content (AvgIpc) is 3.27. The van der Waals surface area contributed by atoms with Gasteiger partial charge in [0.25, 0.3) is 0 Å². The van der Waals surface area contributed by atoms with E-state index in [-0.39, 0.29) is 65.9 Å². The van der Waals surface area contributed by atoms with Gasteiger partial charge in [-0.15, -0.1) is 0 Å². The standard InChI is InChI=1S/C36H42F9N7O2/c1-8-19-13-21(28(39)30(41)26(19)37)16-35(48-50(7)52(49-35)17-22-14-20(9-2)27(38)31(42)29(22)40)47-24-11-10-12-51(33(53)54-34(4,5)6)25-15-23(36(43,44)45)18(3)46-32(24)25/h13-15,24,47-49H,8-12,16-17H2,1-7H3. The van der Waals surface area contributed by atoms with Crippen LogP contribution in [0.5, 0.6) is 0 Å². The Morgan fingerprint density at radius 2 is 1.44 bits per heavy atom. The molecule has 2 aliphatic rings. The van der Waals surface area contributed by atoms with Gasteiger partial charge in [0.2, 0.25) is 0 Å². The van der Waals surface area contributed by atoms with Crippen molar-refractivity contribution >= 4 is 11.8 Å². The molecule has 2 atom stereocenters. The Hall–Kier alpha value is -3.97. The summed E-state index contributed by atoms with van der Waals surface area (Å²) in [4.78, 5) is 18.8. The van der Waals surface area contributed by atoms with Crippen molar-refractivity contribution in [2.75, 3.05) is 18.5 Å². The fraction of sp³-hybridized carbons (Fsp3) is 0.500. The Balaban J connectivity index is 1.63. The Labute approximate surface area is 306 Å². The van der Waals surface area contributed by atoms with Gasteiger partial charge in [0.05, 0.1) is 35.2 Å². The molecule has 0 spiro atoms. The molecule has 0 aliphatic carbocycles. The summed E-state index contributed by atoms with van der Waals surface area (Å²) in [5, 5.41) is 5.74. The second-order valence-corrected chi connectivity index (χ2v) is 14.4. The van der Waals surface area contributed by atoms with E-state index >= 15 is 8.78 Å². The van der Waals surface area contributed by atoms with Gasteiger partial charge in [-0.25, -0.2) is 42.0 Å². The number of benzene rings is 2. The number of hydrogen-bond donors (Lipinski definition) is 3. The van der Waals surface area contributed by atoms with Gasteiger partial charge in [0.1, 0.15) is 5.60 Å². The number of aryl methyl sites for hydroxylation is 3. The van der Waals surface area contributed by atoms with Crippen LogP contribution in [0, 0.1) is 41.8 Å². The number of anilines is 1. The van der Waals surface area contributed by atoms with E-state index in [0.29, 0.717) is 0 Å². The molecule has 2 unspecified atom stereocenters. The number of nitrogens with zero attached hydrogens (tertiary/aromatic N) is 4. The van der Waals surface area contributed by atoms with Crippen molar-refractivity contribution in [3.8, 4) is 0 Å². The zero-order chi connectivity index (χ0) is 40.1. The van der Waals surface area contributed by atoms with E-state index in [1.54, 1.807) is 27.7 Å². The maximum atomic E-state index is 15.5. The fourth-order valence-corrected chi connectivity index (χ4v) is 6.66. The minimum Gasteiger partial charge on any atom is -0.443 e. The first-order valence-corrected chi connectivity index (χ1v) is 17.3. The molecule has 0 bridgehead atoms. The second kappa shape index (κ2) is 15.3. The highest BCUT2D eigenvalue weighted by Gasteiger charge is 2.46. The highest BCUT2D eigenvalue weighted by molar-refractivity contribution is 5.89. The molecule has 2 aliphatic heterocycles. The third-order valence-electron chi connectivity index (χ3n) is 9.22. The number of nitrogens with one attached hydrogen (secondary N) is 3.